The van der Waals surface area contributed by atoms with Gasteiger partial charge in [0.2, 0.25) is 10.0 Å². The zero-order valence-corrected chi connectivity index (χ0v) is 16.7. The van der Waals surface area contributed by atoms with Gasteiger partial charge in [0.15, 0.2) is 0 Å². The van der Waals surface area contributed by atoms with Crippen LogP contribution in [0.3, 0.4) is 0 Å². The first-order valence-electron chi connectivity index (χ1n) is 8.72. The monoisotopic (exact) mass is 425 g/mol. The van der Waals surface area contributed by atoms with E-state index in [9.17, 15) is 13.2 Å². The molecule has 1 fully saturated rings. The third-order valence-corrected chi connectivity index (χ3v) is 6.18. The van der Waals surface area contributed by atoms with E-state index >= 15 is 0 Å². The molecule has 8 nitrogen and oxygen atoms in total. The Kier molecular flexibility index (Phi) is 6.48. The molecule has 2 aromatic rings. The molecule has 1 aliphatic rings. The lowest BCUT2D eigenvalue weighted by Gasteiger charge is -2.28. The van der Waals surface area contributed by atoms with Crippen molar-refractivity contribution >= 4 is 27.6 Å². The number of rotatable bonds is 6. The van der Waals surface area contributed by atoms with Gasteiger partial charge in [-0.1, -0.05) is 11.6 Å². The Balaban J connectivity index is 1.54. The van der Waals surface area contributed by atoms with Crippen molar-refractivity contribution in [2.45, 2.75) is 42.7 Å². The number of aromatic nitrogens is 2. The Bertz CT molecular complexity index is 911. The summed E-state index contributed by atoms with van der Waals surface area (Å²) < 4.78 is 38.2. The number of hydrogen-bond donors (Lipinski definition) is 1. The van der Waals surface area contributed by atoms with Gasteiger partial charge in [0, 0.05) is 6.04 Å². The van der Waals surface area contributed by atoms with E-state index in [2.05, 4.69) is 19.4 Å². The van der Waals surface area contributed by atoms with E-state index in [4.69, 9.17) is 16.3 Å². The molecule has 1 aromatic carbocycles. The van der Waals surface area contributed by atoms with Crippen LogP contribution in [-0.2, 0) is 14.8 Å². The maximum absolute atomic E-state index is 12.6. The van der Waals surface area contributed by atoms with Crippen LogP contribution in [0, 0.1) is 0 Å². The number of hydrogen-bond acceptors (Lipinski definition) is 7. The van der Waals surface area contributed by atoms with Gasteiger partial charge in [0.25, 0.3) is 0 Å². The fourth-order valence-corrected chi connectivity index (χ4v) is 4.39. The number of methoxy groups -OCH3 is 1. The molecule has 0 aliphatic heterocycles. The zero-order valence-electron chi connectivity index (χ0n) is 15.2. The molecular formula is C18H20ClN3O5S. The summed E-state index contributed by atoms with van der Waals surface area (Å²) in [6, 6.07) is 5.71. The second kappa shape index (κ2) is 8.85. The van der Waals surface area contributed by atoms with E-state index in [0.717, 1.165) is 0 Å². The highest BCUT2D eigenvalue weighted by atomic mass is 35.5. The molecule has 1 aliphatic carbocycles. The fraction of sp³-hybridized carbons (Fsp3) is 0.389. The molecule has 1 heterocycles. The summed E-state index contributed by atoms with van der Waals surface area (Å²) in [7, 11) is -2.40. The van der Waals surface area contributed by atoms with Crippen LogP contribution in [0.4, 0.5) is 0 Å². The second-order valence-corrected chi connectivity index (χ2v) is 8.56. The Hall–Kier alpha value is -2.23. The predicted molar refractivity (Wildman–Crippen MR) is 102 cm³/mol. The van der Waals surface area contributed by atoms with Crippen LogP contribution in [0.25, 0.3) is 0 Å². The van der Waals surface area contributed by atoms with Crippen LogP contribution in [0.5, 0.6) is 6.01 Å². The molecular weight excluding hydrogens is 406 g/mol. The molecule has 150 valence electrons. The first kappa shape index (κ1) is 20.5. The van der Waals surface area contributed by atoms with Gasteiger partial charge in [-0.25, -0.2) is 27.9 Å². The van der Waals surface area contributed by atoms with E-state index in [0.29, 0.717) is 36.3 Å². The van der Waals surface area contributed by atoms with Gasteiger partial charge in [-0.2, -0.15) is 0 Å². The topological polar surface area (TPSA) is 107 Å². The lowest BCUT2D eigenvalue weighted by molar-refractivity contribution is 0.0600. The van der Waals surface area contributed by atoms with Gasteiger partial charge < -0.3 is 9.47 Å². The summed E-state index contributed by atoms with van der Waals surface area (Å²) in [4.78, 5) is 19.6. The maximum atomic E-state index is 12.6. The first-order chi connectivity index (χ1) is 13.4. The van der Waals surface area contributed by atoms with Crippen LogP contribution in [0.2, 0.25) is 5.02 Å². The van der Waals surface area contributed by atoms with Crippen LogP contribution in [-0.4, -0.2) is 43.6 Å². The quantitative estimate of drug-likeness (QED) is 0.708. The fourth-order valence-electron chi connectivity index (χ4n) is 2.98. The molecule has 0 unspecified atom stereocenters. The van der Waals surface area contributed by atoms with E-state index in [1.165, 1.54) is 43.8 Å². The highest BCUT2D eigenvalue weighted by Crippen LogP contribution is 2.24. The number of nitrogens with one attached hydrogen (secondary N) is 1. The van der Waals surface area contributed by atoms with Gasteiger partial charge in [0.1, 0.15) is 6.10 Å². The average molecular weight is 426 g/mol. The molecule has 1 N–H and O–H groups in total. The molecule has 3 rings (SSSR count). The van der Waals surface area contributed by atoms with Crippen molar-refractivity contribution in [3.8, 4) is 6.01 Å². The Labute approximate surface area is 168 Å². The minimum atomic E-state index is -3.67. The normalized spacial score (nSPS) is 19.8. The maximum Gasteiger partial charge on any atom is 0.337 e. The molecule has 0 spiro atoms. The minimum absolute atomic E-state index is 0.0683. The highest BCUT2D eigenvalue weighted by molar-refractivity contribution is 7.89. The third kappa shape index (κ3) is 5.18. The molecule has 1 saturated carbocycles. The number of halogens is 1. The number of sulfonamides is 1. The van der Waals surface area contributed by atoms with Crippen LogP contribution >= 0.6 is 11.6 Å². The average Bonchev–Trinajstić information content (AvgIpc) is 2.70. The number of benzene rings is 1. The van der Waals surface area contributed by atoms with Crippen molar-refractivity contribution in [1.82, 2.24) is 14.7 Å². The Morgan fingerprint density at radius 3 is 2.29 bits per heavy atom. The number of carbonyl (C=O) groups excluding carboxylic acids is 1. The molecule has 0 bridgehead atoms. The number of nitrogens with zero attached hydrogens (tertiary/aromatic N) is 2. The highest BCUT2D eigenvalue weighted by Gasteiger charge is 2.27. The first-order valence-corrected chi connectivity index (χ1v) is 10.6. The number of ether oxygens (including phenoxy) is 2. The van der Waals surface area contributed by atoms with Crippen molar-refractivity contribution in [3.05, 3.63) is 47.2 Å². The van der Waals surface area contributed by atoms with Gasteiger partial charge >= 0.3 is 12.0 Å². The van der Waals surface area contributed by atoms with Crippen LogP contribution < -0.4 is 9.46 Å². The lowest BCUT2D eigenvalue weighted by atomic mass is 9.94. The lowest BCUT2D eigenvalue weighted by Crippen LogP contribution is -2.39. The van der Waals surface area contributed by atoms with Gasteiger partial charge in [-0.05, 0) is 49.9 Å². The summed E-state index contributed by atoms with van der Waals surface area (Å²) >= 11 is 5.75. The van der Waals surface area contributed by atoms with Crippen LogP contribution in [0.1, 0.15) is 36.0 Å². The van der Waals surface area contributed by atoms with Gasteiger partial charge in [0.05, 0.1) is 35.0 Å². The zero-order chi connectivity index (χ0) is 20.1. The smallest absolute Gasteiger partial charge is 0.337 e. The molecule has 28 heavy (non-hydrogen) atoms. The predicted octanol–water partition coefficient (Wildman–Crippen LogP) is 2.59. The molecule has 0 radical (unpaired) electrons. The van der Waals surface area contributed by atoms with Crippen molar-refractivity contribution in [2.24, 2.45) is 0 Å². The largest absolute Gasteiger partial charge is 0.465 e. The molecule has 10 heteroatoms. The summed E-state index contributed by atoms with van der Waals surface area (Å²) in [5.74, 6) is -0.514. The number of carbonyl (C=O) groups is 1. The van der Waals surface area contributed by atoms with Crippen molar-refractivity contribution < 1.29 is 22.7 Å². The van der Waals surface area contributed by atoms with Crippen LogP contribution in [0.15, 0.2) is 41.6 Å². The second-order valence-electron chi connectivity index (χ2n) is 6.41. The van der Waals surface area contributed by atoms with E-state index in [1.54, 1.807) is 0 Å². The van der Waals surface area contributed by atoms with E-state index < -0.39 is 16.0 Å². The summed E-state index contributed by atoms with van der Waals surface area (Å²) in [6.45, 7) is 0. The Morgan fingerprint density at radius 2 is 1.71 bits per heavy atom. The molecule has 0 atom stereocenters. The third-order valence-electron chi connectivity index (χ3n) is 4.45. The van der Waals surface area contributed by atoms with E-state index in [1.807, 2.05) is 0 Å². The van der Waals surface area contributed by atoms with Gasteiger partial charge in [-0.3, -0.25) is 0 Å². The standard InChI is InChI=1S/C18H20ClN3O5S/c1-26-17(23)12-2-8-16(9-3-12)28(24,25)22-14-4-6-15(7-5-14)27-18-20-10-13(19)11-21-18/h2-3,8-11,14-15,22H,4-7H2,1H3. The summed E-state index contributed by atoms with van der Waals surface area (Å²) in [5.41, 5.74) is 0.295. The Morgan fingerprint density at radius 1 is 1.11 bits per heavy atom. The summed E-state index contributed by atoms with van der Waals surface area (Å²) in [6.07, 6.45) is 5.50. The SMILES string of the molecule is COC(=O)c1ccc(S(=O)(=O)NC2CCC(Oc3ncc(Cl)cn3)CC2)cc1. The molecule has 1 aromatic heterocycles. The summed E-state index contributed by atoms with van der Waals surface area (Å²) in [5, 5.41) is 0.435. The van der Waals surface area contributed by atoms with Crippen molar-refractivity contribution in [2.75, 3.05) is 7.11 Å². The van der Waals surface area contributed by atoms with E-state index in [-0.39, 0.29) is 23.1 Å². The van der Waals surface area contributed by atoms with Crippen molar-refractivity contribution in [3.63, 3.8) is 0 Å². The number of esters is 1. The minimum Gasteiger partial charge on any atom is -0.465 e. The molecule has 0 amide bonds. The van der Waals surface area contributed by atoms with Gasteiger partial charge in [-0.15, -0.1) is 0 Å². The van der Waals surface area contributed by atoms with Crippen molar-refractivity contribution in [1.29, 1.82) is 0 Å². The molecule has 0 saturated heterocycles.